The molecule has 0 aliphatic heterocycles. The second-order valence-electron chi connectivity index (χ2n) is 2.21. The number of sulfone groups is 1. The van der Waals surface area contributed by atoms with Crippen molar-refractivity contribution in [3.05, 3.63) is 6.92 Å². The molecule has 0 saturated carbocycles. The normalized spacial score (nSPS) is 11.2. The Morgan fingerprint density at radius 1 is 1.50 bits per heavy atom. The van der Waals surface area contributed by atoms with Crippen molar-refractivity contribution in [3.63, 3.8) is 0 Å². The molecule has 0 atom stereocenters. The van der Waals surface area contributed by atoms with Crippen LogP contribution in [0.5, 0.6) is 0 Å². The minimum absolute atomic E-state index is 0.0777. The van der Waals surface area contributed by atoms with E-state index >= 15 is 0 Å². The van der Waals surface area contributed by atoms with Gasteiger partial charge in [0.25, 0.3) is 0 Å². The van der Waals surface area contributed by atoms with Crippen molar-refractivity contribution in [2.75, 3.05) is 18.1 Å². The summed E-state index contributed by atoms with van der Waals surface area (Å²) in [7, 11) is -3.14. The monoisotopic (exact) mass is 193 g/mol. The second-order valence-corrected chi connectivity index (χ2v) is 4.51. The fourth-order valence-corrected chi connectivity index (χ4v) is 1.26. The summed E-state index contributed by atoms with van der Waals surface area (Å²) < 4.78 is 26.2. The molecule has 0 heterocycles. The molecule has 71 valence electrons. The lowest BCUT2D eigenvalue weighted by molar-refractivity contribution is -0.142. The minimum atomic E-state index is -3.14. The van der Waals surface area contributed by atoms with Crippen LogP contribution in [0.4, 0.5) is 0 Å². The quantitative estimate of drug-likeness (QED) is 0.585. The Kier molecular flexibility index (Phi) is 4.89. The molecule has 0 aromatic rings. The zero-order valence-electron chi connectivity index (χ0n) is 7.08. The van der Waals surface area contributed by atoms with Crippen molar-refractivity contribution < 1.29 is 17.9 Å². The Balaban J connectivity index is 3.76. The van der Waals surface area contributed by atoms with Gasteiger partial charge in [0, 0.05) is 0 Å². The maximum Gasteiger partial charge on any atom is 0.306 e. The van der Waals surface area contributed by atoms with E-state index in [9.17, 15) is 13.2 Å². The Labute approximate surface area is 72.8 Å². The molecular formula is C7H13O4S. The van der Waals surface area contributed by atoms with Crippen LogP contribution in [-0.4, -0.2) is 32.5 Å². The molecule has 0 spiro atoms. The van der Waals surface area contributed by atoms with Gasteiger partial charge in [-0.05, 0) is 13.8 Å². The third kappa shape index (κ3) is 5.12. The minimum Gasteiger partial charge on any atom is -0.466 e. The summed E-state index contributed by atoms with van der Waals surface area (Å²) in [6.07, 6.45) is -0.0777. The van der Waals surface area contributed by atoms with E-state index in [1.54, 1.807) is 6.92 Å². The lowest BCUT2D eigenvalue weighted by atomic mass is 10.5. The molecule has 0 unspecified atom stereocenters. The summed E-state index contributed by atoms with van der Waals surface area (Å²) in [5.74, 6) is -0.823. The van der Waals surface area contributed by atoms with Crippen LogP contribution >= 0.6 is 0 Å². The number of carbonyl (C=O) groups excluding carboxylic acids is 1. The molecule has 12 heavy (non-hydrogen) atoms. The van der Waals surface area contributed by atoms with Crippen LogP contribution in [0.3, 0.4) is 0 Å². The summed E-state index contributed by atoms with van der Waals surface area (Å²) in [6.45, 7) is 5.20. The Bertz CT molecular complexity index is 230. The van der Waals surface area contributed by atoms with E-state index < -0.39 is 15.8 Å². The lowest BCUT2D eigenvalue weighted by Crippen LogP contribution is -2.14. The summed E-state index contributed by atoms with van der Waals surface area (Å²) in [4.78, 5) is 10.7. The molecule has 0 aromatic carbocycles. The van der Waals surface area contributed by atoms with Crippen molar-refractivity contribution in [1.29, 1.82) is 0 Å². The number of ether oxygens (including phenoxy) is 1. The highest BCUT2D eigenvalue weighted by atomic mass is 32.2. The van der Waals surface area contributed by atoms with Crippen molar-refractivity contribution in [1.82, 2.24) is 0 Å². The van der Waals surface area contributed by atoms with E-state index in [0.29, 0.717) is 0 Å². The standard InChI is InChI=1S/C7H13O4S/c1-3-11-7(8)5-6-12(9,10)4-2/h2-6H2,1H3. The third-order valence-corrected chi connectivity index (χ3v) is 2.68. The number of carbonyl (C=O) groups is 1. The van der Waals surface area contributed by atoms with Crippen LogP contribution in [0.1, 0.15) is 13.3 Å². The molecular weight excluding hydrogens is 180 g/mol. The van der Waals surface area contributed by atoms with Crippen molar-refractivity contribution in [2.24, 2.45) is 0 Å². The highest BCUT2D eigenvalue weighted by molar-refractivity contribution is 7.91. The second kappa shape index (κ2) is 5.13. The molecule has 1 radical (unpaired) electrons. The van der Waals surface area contributed by atoms with Gasteiger partial charge in [0.15, 0.2) is 9.84 Å². The van der Waals surface area contributed by atoms with Gasteiger partial charge in [0.05, 0.1) is 24.5 Å². The first kappa shape index (κ1) is 11.4. The molecule has 0 aromatic heterocycles. The lowest BCUT2D eigenvalue weighted by Gasteiger charge is -2.00. The summed E-state index contributed by atoms with van der Waals surface area (Å²) >= 11 is 0. The number of hydrogen-bond donors (Lipinski definition) is 0. The van der Waals surface area contributed by atoms with E-state index in [4.69, 9.17) is 0 Å². The van der Waals surface area contributed by atoms with Gasteiger partial charge in [-0.15, -0.1) is 0 Å². The Hall–Kier alpha value is -0.580. The van der Waals surface area contributed by atoms with Crippen molar-refractivity contribution >= 4 is 15.8 Å². The molecule has 0 fully saturated rings. The van der Waals surface area contributed by atoms with Gasteiger partial charge in [0.1, 0.15) is 0 Å². The molecule has 0 rings (SSSR count). The fourth-order valence-electron chi connectivity index (χ4n) is 0.574. The maximum atomic E-state index is 10.8. The molecule has 0 aliphatic rings. The molecule has 5 heteroatoms. The third-order valence-electron chi connectivity index (χ3n) is 1.23. The van der Waals surface area contributed by atoms with E-state index in [0.717, 1.165) is 0 Å². The smallest absolute Gasteiger partial charge is 0.306 e. The van der Waals surface area contributed by atoms with E-state index in [1.165, 1.54) is 0 Å². The Morgan fingerprint density at radius 2 is 2.08 bits per heavy atom. The molecule has 0 amide bonds. The van der Waals surface area contributed by atoms with Gasteiger partial charge >= 0.3 is 5.97 Å². The van der Waals surface area contributed by atoms with Gasteiger partial charge in [-0.1, -0.05) is 0 Å². The van der Waals surface area contributed by atoms with Gasteiger partial charge < -0.3 is 4.74 Å². The zero-order valence-corrected chi connectivity index (χ0v) is 7.89. The van der Waals surface area contributed by atoms with Gasteiger partial charge in [-0.25, -0.2) is 8.42 Å². The predicted octanol–water partition coefficient (Wildman–Crippen LogP) is 0.188. The van der Waals surface area contributed by atoms with Crippen LogP contribution < -0.4 is 0 Å². The number of rotatable bonds is 5. The zero-order chi connectivity index (χ0) is 9.61. The molecule has 0 N–H and O–H groups in total. The largest absolute Gasteiger partial charge is 0.466 e. The van der Waals surface area contributed by atoms with E-state index in [1.807, 2.05) is 0 Å². The van der Waals surface area contributed by atoms with E-state index in [-0.39, 0.29) is 24.5 Å². The van der Waals surface area contributed by atoms with Gasteiger partial charge in [-0.3, -0.25) is 4.79 Å². The highest BCUT2D eigenvalue weighted by Gasteiger charge is 2.11. The van der Waals surface area contributed by atoms with Crippen LogP contribution in [-0.2, 0) is 19.4 Å². The van der Waals surface area contributed by atoms with Crippen molar-refractivity contribution in [2.45, 2.75) is 13.3 Å². The Morgan fingerprint density at radius 3 is 2.50 bits per heavy atom. The fraction of sp³-hybridized carbons (Fsp3) is 0.714. The average Bonchev–Trinajstić information content (AvgIpc) is 2.02. The van der Waals surface area contributed by atoms with Crippen LogP contribution in [0.2, 0.25) is 0 Å². The molecule has 0 aliphatic carbocycles. The van der Waals surface area contributed by atoms with Crippen LogP contribution in [0.25, 0.3) is 0 Å². The number of hydrogen-bond acceptors (Lipinski definition) is 4. The van der Waals surface area contributed by atoms with Gasteiger partial charge in [-0.2, -0.15) is 0 Å². The summed E-state index contributed by atoms with van der Waals surface area (Å²) in [5, 5.41) is 0. The molecule has 0 saturated heterocycles. The summed E-state index contributed by atoms with van der Waals surface area (Å²) in [5.41, 5.74) is 0. The topological polar surface area (TPSA) is 60.4 Å². The average molecular weight is 193 g/mol. The van der Waals surface area contributed by atoms with Gasteiger partial charge in [0.2, 0.25) is 0 Å². The predicted molar refractivity (Wildman–Crippen MR) is 45.3 cm³/mol. The van der Waals surface area contributed by atoms with Crippen LogP contribution in [0.15, 0.2) is 0 Å². The SMILES string of the molecule is [CH2]CS(=O)(=O)CCC(=O)OCC. The first-order valence-corrected chi connectivity index (χ1v) is 5.49. The van der Waals surface area contributed by atoms with Crippen molar-refractivity contribution in [3.8, 4) is 0 Å². The first-order valence-electron chi connectivity index (χ1n) is 3.67. The molecule has 0 bridgehead atoms. The first-order chi connectivity index (χ1) is 5.52. The summed E-state index contributed by atoms with van der Waals surface area (Å²) in [6, 6.07) is 0. The van der Waals surface area contributed by atoms with Crippen LogP contribution in [0, 0.1) is 6.92 Å². The highest BCUT2D eigenvalue weighted by Crippen LogP contribution is 1.95. The molecule has 4 nitrogen and oxygen atoms in total. The maximum absolute atomic E-state index is 10.8. The van der Waals surface area contributed by atoms with E-state index in [2.05, 4.69) is 11.7 Å². The number of esters is 1.